The Bertz CT molecular complexity index is 1090. The van der Waals surface area contributed by atoms with E-state index in [1.165, 1.54) is 23.5 Å². The molecule has 2 bridgehead atoms. The van der Waals surface area contributed by atoms with Gasteiger partial charge in [-0.15, -0.1) is 0 Å². The highest BCUT2D eigenvalue weighted by atomic mass is 32.2. The van der Waals surface area contributed by atoms with Crippen LogP contribution in [0.2, 0.25) is 0 Å². The molecule has 3 aliphatic rings. The highest BCUT2D eigenvalue weighted by Crippen LogP contribution is 2.36. The fraction of sp³-hybridized carbons (Fsp3) is 0.720. The van der Waals surface area contributed by atoms with Crippen LogP contribution in [-0.2, 0) is 17.5 Å². The molecule has 0 spiro atoms. The average Bonchev–Trinajstić information content (AvgIpc) is 3.59. The lowest BCUT2D eigenvalue weighted by Gasteiger charge is -2.32. The number of aliphatic hydroxyl groups is 1. The lowest BCUT2D eigenvalue weighted by atomic mass is 10.1. The van der Waals surface area contributed by atoms with E-state index in [1.807, 2.05) is 11.9 Å². The third-order valence-corrected chi connectivity index (χ3v) is 8.42. The fourth-order valence-corrected chi connectivity index (χ4v) is 6.36. The SMILES string of the molecule is CC(C)(O)Cn1cc(-c2nc(NC3CCN(SCCCN4CC5CC4CO5)CC3)ncc2C(F)(F)F)cn1. The molecule has 3 saturated heterocycles. The number of halogens is 3. The van der Waals surface area contributed by atoms with Gasteiger partial charge in [0.1, 0.15) is 5.56 Å². The molecule has 0 saturated carbocycles. The second-order valence-corrected chi connectivity index (χ2v) is 12.2. The summed E-state index contributed by atoms with van der Waals surface area (Å²) in [7, 11) is 0. The number of likely N-dealkylation sites (tertiary alicyclic amines) is 1. The fourth-order valence-electron chi connectivity index (χ4n) is 5.37. The predicted octanol–water partition coefficient (Wildman–Crippen LogP) is 3.52. The molecule has 2 N–H and O–H groups in total. The molecular weight excluding hydrogens is 519 g/mol. The number of ether oxygens (including phenoxy) is 1. The highest BCUT2D eigenvalue weighted by Gasteiger charge is 2.38. The minimum absolute atomic E-state index is 0.0921. The van der Waals surface area contributed by atoms with Crippen molar-refractivity contribution in [1.29, 1.82) is 0 Å². The van der Waals surface area contributed by atoms with Gasteiger partial charge in [-0.25, -0.2) is 9.97 Å². The zero-order valence-electron chi connectivity index (χ0n) is 21.8. The largest absolute Gasteiger partial charge is 0.419 e. The maximum Gasteiger partial charge on any atom is 0.419 e. The third-order valence-electron chi connectivity index (χ3n) is 7.21. The van der Waals surface area contributed by atoms with Crippen molar-refractivity contribution in [2.75, 3.05) is 43.9 Å². The minimum Gasteiger partial charge on any atom is -0.389 e. The maximum atomic E-state index is 13.7. The molecule has 5 rings (SSSR count). The van der Waals surface area contributed by atoms with Crippen LogP contribution in [0.5, 0.6) is 0 Å². The first-order valence-electron chi connectivity index (χ1n) is 13.2. The number of fused-ring (bicyclic) bond motifs is 2. The number of alkyl halides is 3. The third kappa shape index (κ3) is 6.98. The second kappa shape index (κ2) is 11.3. The van der Waals surface area contributed by atoms with Crippen molar-refractivity contribution in [3.05, 3.63) is 24.2 Å². The molecule has 9 nitrogen and oxygen atoms in total. The summed E-state index contributed by atoms with van der Waals surface area (Å²) < 4.78 is 50.6. The van der Waals surface area contributed by atoms with Crippen molar-refractivity contribution in [3.8, 4) is 11.3 Å². The molecule has 38 heavy (non-hydrogen) atoms. The molecule has 3 fully saturated rings. The number of aromatic nitrogens is 4. The van der Waals surface area contributed by atoms with Crippen LogP contribution < -0.4 is 5.32 Å². The summed E-state index contributed by atoms with van der Waals surface area (Å²) in [4.78, 5) is 10.8. The van der Waals surface area contributed by atoms with E-state index in [-0.39, 0.29) is 29.8 Å². The van der Waals surface area contributed by atoms with Crippen molar-refractivity contribution >= 4 is 17.9 Å². The smallest absolute Gasteiger partial charge is 0.389 e. The van der Waals surface area contributed by atoms with E-state index in [9.17, 15) is 18.3 Å². The monoisotopic (exact) mass is 555 g/mol. The quantitative estimate of drug-likeness (QED) is 0.338. The zero-order valence-corrected chi connectivity index (χ0v) is 22.6. The van der Waals surface area contributed by atoms with E-state index in [0.717, 1.165) is 64.0 Å². The van der Waals surface area contributed by atoms with Crippen molar-refractivity contribution in [1.82, 2.24) is 29.0 Å². The Balaban J connectivity index is 1.13. The Kier molecular flexibility index (Phi) is 8.20. The van der Waals surface area contributed by atoms with Crippen molar-refractivity contribution in [2.24, 2.45) is 0 Å². The van der Waals surface area contributed by atoms with E-state index in [0.29, 0.717) is 12.1 Å². The standard InChI is InChI=1S/C25H36F3N7O2S/c1-24(2,36)16-34-13-17(11-30-34)22-21(25(26,27)28)12-29-23(32-22)31-18-4-7-35(8-5-18)38-9-3-6-33-14-20-10-19(33)15-37-20/h11-13,18-20,36H,3-10,14-16H2,1-2H3,(H,29,31,32). The number of hydrogen-bond donors (Lipinski definition) is 2. The molecular formula is C25H36F3N7O2S. The van der Waals surface area contributed by atoms with Crippen LogP contribution in [0.15, 0.2) is 18.6 Å². The Morgan fingerprint density at radius 1 is 1.21 bits per heavy atom. The lowest BCUT2D eigenvalue weighted by Crippen LogP contribution is -2.38. The zero-order chi connectivity index (χ0) is 26.9. The first-order chi connectivity index (χ1) is 18.0. The van der Waals surface area contributed by atoms with E-state index < -0.39 is 17.3 Å². The topological polar surface area (TPSA) is 91.6 Å². The second-order valence-electron chi connectivity index (χ2n) is 11.1. The van der Waals surface area contributed by atoms with Crippen LogP contribution in [0, 0.1) is 0 Å². The first kappa shape index (κ1) is 27.6. The van der Waals surface area contributed by atoms with Crippen molar-refractivity contribution in [2.45, 2.75) is 76.0 Å². The van der Waals surface area contributed by atoms with Gasteiger partial charge in [0.05, 0.1) is 36.7 Å². The summed E-state index contributed by atoms with van der Waals surface area (Å²) in [5.41, 5.74) is -1.95. The number of nitrogens with zero attached hydrogens (tertiary/aromatic N) is 6. The van der Waals surface area contributed by atoms with Gasteiger partial charge in [0.25, 0.3) is 0 Å². The van der Waals surface area contributed by atoms with E-state index >= 15 is 0 Å². The van der Waals surface area contributed by atoms with Crippen LogP contribution in [0.3, 0.4) is 0 Å². The summed E-state index contributed by atoms with van der Waals surface area (Å²) in [6.07, 6.45) is 3.55. The molecule has 2 aromatic heterocycles. The first-order valence-corrected chi connectivity index (χ1v) is 14.2. The number of piperidine rings is 1. The summed E-state index contributed by atoms with van der Waals surface area (Å²) in [5, 5.41) is 17.4. The number of rotatable bonds is 10. The molecule has 13 heteroatoms. The Morgan fingerprint density at radius 3 is 2.66 bits per heavy atom. The van der Waals surface area contributed by atoms with Gasteiger partial charge in [0.15, 0.2) is 0 Å². The van der Waals surface area contributed by atoms with Crippen LogP contribution in [0.1, 0.15) is 45.1 Å². The molecule has 2 atom stereocenters. The molecule has 5 heterocycles. The van der Waals surface area contributed by atoms with Crippen molar-refractivity contribution < 1.29 is 23.0 Å². The number of morpholine rings is 1. The van der Waals surface area contributed by atoms with Crippen LogP contribution in [0.4, 0.5) is 19.1 Å². The summed E-state index contributed by atoms with van der Waals surface area (Å²) in [6.45, 7) is 8.26. The molecule has 3 aliphatic heterocycles. The summed E-state index contributed by atoms with van der Waals surface area (Å²) >= 11 is 1.88. The lowest BCUT2D eigenvalue weighted by molar-refractivity contribution is -0.137. The average molecular weight is 556 g/mol. The number of hydrogen-bond acceptors (Lipinski definition) is 9. The molecule has 0 radical (unpaired) electrons. The van der Waals surface area contributed by atoms with Gasteiger partial charge in [-0.1, -0.05) is 11.9 Å². The van der Waals surface area contributed by atoms with Crippen LogP contribution >= 0.6 is 11.9 Å². The molecule has 2 unspecified atom stereocenters. The maximum absolute atomic E-state index is 13.7. The van der Waals surface area contributed by atoms with Crippen molar-refractivity contribution in [3.63, 3.8) is 0 Å². The molecule has 0 aliphatic carbocycles. The Morgan fingerprint density at radius 2 is 2.00 bits per heavy atom. The van der Waals surface area contributed by atoms with Gasteiger partial charge < -0.3 is 15.2 Å². The Labute approximate surface area is 225 Å². The van der Waals surface area contributed by atoms with Gasteiger partial charge in [0.2, 0.25) is 5.95 Å². The van der Waals surface area contributed by atoms with E-state index in [4.69, 9.17) is 4.74 Å². The number of anilines is 1. The molecule has 2 aromatic rings. The van der Waals surface area contributed by atoms with Gasteiger partial charge in [0, 0.05) is 55.4 Å². The predicted molar refractivity (Wildman–Crippen MR) is 140 cm³/mol. The summed E-state index contributed by atoms with van der Waals surface area (Å²) in [6, 6.07) is 0.707. The van der Waals surface area contributed by atoms with Gasteiger partial charge >= 0.3 is 6.18 Å². The Hall–Kier alpha value is -1.93. The molecule has 0 aromatic carbocycles. The van der Waals surface area contributed by atoms with Crippen LogP contribution in [0.25, 0.3) is 11.3 Å². The van der Waals surface area contributed by atoms with E-state index in [1.54, 1.807) is 13.8 Å². The van der Waals surface area contributed by atoms with E-state index in [2.05, 4.69) is 29.6 Å². The minimum atomic E-state index is -4.60. The molecule has 0 amide bonds. The van der Waals surface area contributed by atoms with Gasteiger partial charge in [-0.05, 0) is 46.1 Å². The normalized spacial score (nSPS) is 23.4. The van der Waals surface area contributed by atoms with Gasteiger partial charge in [-0.3, -0.25) is 13.9 Å². The molecule has 210 valence electrons. The van der Waals surface area contributed by atoms with Gasteiger partial charge in [-0.2, -0.15) is 18.3 Å². The van der Waals surface area contributed by atoms with Crippen LogP contribution in [-0.4, -0.2) is 96.4 Å². The summed E-state index contributed by atoms with van der Waals surface area (Å²) in [5.74, 6) is 1.26. The highest BCUT2D eigenvalue weighted by molar-refractivity contribution is 7.97. The number of nitrogens with one attached hydrogen (secondary N) is 1.